The Morgan fingerprint density at radius 1 is 1.69 bits per heavy atom. The van der Waals surface area contributed by atoms with E-state index in [2.05, 4.69) is 11.6 Å². The minimum absolute atomic E-state index is 0.371. The lowest BCUT2D eigenvalue weighted by Gasteiger charge is -2.02. The smallest absolute Gasteiger partial charge is 0.144 e. The normalized spacial score (nSPS) is 8.85. The Bertz CT molecular complexity index is 328. The highest BCUT2D eigenvalue weighted by molar-refractivity contribution is 5.29. The Kier molecular flexibility index (Phi) is 3.52. The number of ether oxygens (including phenoxy) is 1. The van der Waals surface area contributed by atoms with E-state index >= 15 is 0 Å². The average molecular weight is 174 g/mol. The molecular formula is C10H10N2O. The van der Waals surface area contributed by atoms with E-state index in [0.29, 0.717) is 18.1 Å². The van der Waals surface area contributed by atoms with Crippen molar-refractivity contribution in [3.8, 4) is 11.8 Å². The molecule has 3 nitrogen and oxygen atoms in total. The molecule has 1 aromatic heterocycles. The van der Waals surface area contributed by atoms with Gasteiger partial charge in [-0.1, -0.05) is 6.08 Å². The summed E-state index contributed by atoms with van der Waals surface area (Å²) < 4.78 is 5.33. The summed E-state index contributed by atoms with van der Waals surface area (Å²) in [5.74, 6) is 0.674. The number of pyridine rings is 1. The second-order valence-electron chi connectivity index (χ2n) is 2.41. The van der Waals surface area contributed by atoms with Crippen LogP contribution in [0.5, 0.6) is 5.75 Å². The van der Waals surface area contributed by atoms with Crippen molar-refractivity contribution in [3.05, 3.63) is 36.7 Å². The molecule has 1 rings (SSSR count). The molecule has 0 bridgehead atoms. The van der Waals surface area contributed by atoms with Crippen LogP contribution in [0.4, 0.5) is 0 Å². The van der Waals surface area contributed by atoms with Crippen LogP contribution in [0.1, 0.15) is 12.1 Å². The van der Waals surface area contributed by atoms with Gasteiger partial charge in [0, 0.05) is 12.3 Å². The van der Waals surface area contributed by atoms with Crippen LogP contribution in [0.2, 0.25) is 0 Å². The average Bonchev–Trinajstić information content (AvgIpc) is 2.19. The van der Waals surface area contributed by atoms with Gasteiger partial charge in [0.1, 0.15) is 17.5 Å². The van der Waals surface area contributed by atoms with Gasteiger partial charge in [-0.05, 0) is 12.5 Å². The summed E-state index contributed by atoms with van der Waals surface area (Å²) >= 11 is 0. The summed E-state index contributed by atoms with van der Waals surface area (Å²) in [4.78, 5) is 3.82. The second kappa shape index (κ2) is 4.94. The largest absolute Gasteiger partial charge is 0.493 e. The molecule has 0 saturated heterocycles. The Hall–Kier alpha value is -1.82. The highest BCUT2D eigenvalue weighted by atomic mass is 16.5. The van der Waals surface area contributed by atoms with E-state index in [9.17, 15) is 0 Å². The lowest BCUT2D eigenvalue weighted by atomic mass is 10.3. The molecule has 0 unspecified atom stereocenters. The van der Waals surface area contributed by atoms with E-state index in [1.807, 2.05) is 6.07 Å². The predicted molar refractivity (Wildman–Crippen MR) is 49.3 cm³/mol. The lowest BCUT2D eigenvalue weighted by molar-refractivity contribution is 0.324. The molecule has 66 valence electrons. The molecule has 0 fully saturated rings. The summed E-state index contributed by atoms with van der Waals surface area (Å²) in [7, 11) is 0. The van der Waals surface area contributed by atoms with Crippen LogP contribution in [0, 0.1) is 11.3 Å². The van der Waals surface area contributed by atoms with Crippen LogP contribution in [-0.2, 0) is 0 Å². The fourth-order valence-electron chi connectivity index (χ4n) is 0.822. The van der Waals surface area contributed by atoms with Gasteiger partial charge in [0.25, 0.3) is 0 Å². The van der Waals surface area contributed by atoms with E-state index in [0.717, 1.165) is 6.42 Å². The summed E-state index contributed by atoms with van der Waals surface area (Å²) in [5, 5.41) is 8.55. The van der Waals surface area contributed by atoms with Crippen molar-refractivity contribution in [2.75, 3.05) is 6.61 Å². The molecule has 13 heavy (non-hydrogen) atoms. The van der Waals surface area contributed by atoms with Crippen LogP contribution in [0.25, 0.3) is 0 Å². The number of hydrogen-bond donors (Lipinski definition) is 0. The number of nitrogens with zero attached hydrogens (tertiary/aromatic N) is 2. The maximum absolute atomic E-state index is 8.55. The highest BCUT2D eigenvalue weighted by Gasteiger charge is 1.95. The van der Waals surface area contributed by atoms with Crippen molar-refractivity contribution in [1.29, 1.82) is 5.26 Å². The van der Waals surface area contributed by atoms with Crippen molar-refractivity contribution >= 4 is 0 Å². The molecule has 1 heterocycles. The third-order valence-corrected chi connectivity index (χ3v) is 1.44. The zero-order valence-corrected chi connectivity index (χ0v) is 7.23. The standard InChI is InChI=1S/C10H10N2O/c1-2-3-6-13-10-4-5-12-9(7-10)8-11/h2,4-5,7H,1,3,6H2. The van der Waals surface area contributed by atoms with Gasteiger partial charge in [0.2, 0.25) is 0 Å². The molecule has 3 heteroatoms. The van der Waals surface area contributed by atoms with Crippen LogP contribution < -0.4 is 4.74 Å². The summed E-state index contributed by atoms with van der Waals surface area (Å²) in [6, 6.07) is 5.29. The first-order valence-electron chi connectivity index (χ1n) is 3.96. The van der Waals surface area contributed by atoms with Crippen molar-refractivity contribution in [2.24, 2.45) is 0 Å². The molecule has 0 radical (unpaired) electrons. The highest BCUT2D eigenvalue weighted by Crippen LogP contribution is 2.10. The maximum atomic E-state index is 8.55. The molecule has 0 N–H and O–H groups in total. The van der Waals surface area contributed by atoms with Crippen molar-refractivity contribution in [3.63, 3.8) is 0 Å². The van der Waals surface area contributed by atoms with E-state index in [4.69, 9.17) is 10.00 Å². The van der Waals surface area contributed by atoms with Gasteiger partial charge >= 0.3 is 0 Å². The number of hydrogen-bond acceptors (Lipinski definition) is 3. The van der Waals surface area contributed by atoms with Crippen molar-refractivity contribution in [1.82, 2.24) is 4.98 Å². The Labute approximate surface area is 77.3 Å². The first kappa shape index (κ1) is 9.27. The Balaban J connectivity index is 2.57. The van der Waals surface area contributed by atoms with Crippen LogP contribution in [-0.4, -0.2) is 11.6 Å². The second-order valence-corrected chi connectivity index (χ2v) is 2.41. The van der Waals surface area contributed by atoms with Crippen molar-refractivity contribution in [2.45, 2.75) is 6.42 Å². The Morgan fingerprint density at radius 3 is 3.23 bits per heavy atom. The van der Waals surface area contributed by atoms with E-state index in [-0.39, 0.29) is 0 Å². The predicted octanol–water partition coefficient (Wildman–Crippen LogP) is 1.91. The van der Waals surface area contributed by atoms with Gasteiger partial charge in [-0.2, -0.15) is 5.26 Å². The molecular weight excluding hydrogens is 164 g/mol. The van der Waals surface area contributed by atoms with Crippen molar-refractivity contribution < 1.29 is 4.74 Å². The number of nitriles is 1. The van der Waals surface area contributed by atoms with Gasteiger partial charge in [-0.3, -0.25) is 0 Å². The van der Waals surface area contributed by atoms with Gasteiger partial charge in [0.05, 0.1) is 6.61 Å². The SMILES string of the molecule is C=CCCOc1ccnc(C#N)c1. The van der Waals surface area contributed by atoms with Crippen LogP contribution in [0.15, 0.2) is 31.0 Å². The zero-order chi connectivity index (χ0) is 9.52. The molecule has 1 aromatic rings. The first-order valence-corrected chi connectivity index (χ1v) is 3.96. The Morgan fingerprint density at radius 2 is 2.54 bits per heavy atom. The molecule has 0 spiro atoms. The van der Waals surface area contributed by atoms with Gasteiger partial charge in [-0.15, -0.1) is 6.58 Å². The van der Waals surface area contributed by atoms with E-state index in [1.54, 1.807) is 24.4 Å². The first-order chi connectivity index (χ1) is 6.36. The minimum atomic E-state index is 0.371. The van der Waals surface area contributed by atoms with E-state index in [1.165, 1.54) is 0 Å². The molecule has 0 atom stereocenters. The molecule has 0 aromatic carbocycles. The van der Waals surface area contributed by atoms with Gasteiger partial charge in [-0.25, -0.2) is 4.98 Å². The summed E-state index contributed by atoms with van der Waals surface area (Å²) in [5.41, 5.74) is 0.371. The molecule has 0 amide bonds. The summed E-state index contributed by atoms with van der Waals surface area (Å²) in [6.45, 7) is 4.16. The topological polar surface area (TPSA) is 45.9 Å². The molecule has 0 aliphatic carbocycles. The number of rotatable bonds is 4. The quantitative estimate of drug-likeness (QED) is 0.517. The summed E-state index contributed by atoms with van der Waals surface area (Å²) in [6.07, 6.45) is 4.14. The zero-order valence-electron chi connectivity index (χ0n) is 7.23. The third-order valence-electron chi connectivity index (χ3n) is 1.44. The molecule has 0 saturated carbocycles. The van der Waals surface area contributed by atoms with Gasteiger partial charge < -0.3 is 4.74 Å². The molecule has 0 aliphatic rings. The fourth-order valence-corrected chi connectivity index (χ4v) is 0.822. The maximum Gasteiger partial charge on any atom is 0.144 e. The van der Waals surface area contributed by atoms with Crippen LogP contribution >= 0.6 is 0 Å². The van der Waals surface area contributed by atoms with Gasteiger partial charge in [0.15, 0.2) is 0 Å². The number of aromatic nitrogens is 1. The van der Waals surface area contributed by atoms with Crippen LogP contribution in [0.3, 0.4) is 0 Å². The fraction of sp³-hybridized carbons (Fsp3) is 0.200. The van der Waals surface area contributed by atoms with E-state index < -0.39 is 0 Å². The lowest BCUT2D eigenvalue weighted by Crippen LogP contribution is -1.96. The molecule has 0 aliphatic heterocycles. The monoisotopic (exact) mass is 174 g/mol. The minimum Gasteiger partial charge on any atom is -0.493 e. The third kappa shape index (κ3) is 2.96.